The molecule has 132 valence electrons. The van der Waals surface area contributed by atoms with Crippen LogP contribution in [0, 0.1) is 5.92 Å². The lowest BCUT2D eigenvalue weighted by Crippen LogP contribution is -2.64. The maximum atomic E-state index is 13.6. The quantitative estimate of drug-likeness (QED) is 0.502. The molecule has 0 N–H and O–H groups in total. The first-order valence-electron chi connectivity index (χ1n) is 6.05. The van der Waals surface area contributed by atoms with Crippen LogP contribution in [0.1, 0.15) is 26.7 Å². The van der Waals surface area contributed by atoms with Crippen LogP contribution in [0.3, 0.4) is 0 Å². The Bertz CT molecular complexity index is 390. The van der Waals surface area contributed by atoms with Gasteiger partial charge in [0, 0.05) is 0 Å². The summed E-state index contributed by atoms with van der Waals surface area (Å²) in [4.78, 5) is 11.2. The second kappa shape index (κ2) is 6.53. The molecule has 0 aliphatic carbocycles. The molecule has 0 heterocycles. The molecule has 11 heteroatoms. The zero-order valence-electron chi connectivity index (χ0n) is 11.4. The van der Waals surface area contributed by atoms with Crippen LogP contribution in [0.4, 0.5) is 39.5 Å². The van der Waals surface area contributed by atoms with Gasteiger partial charge in [-0.1, -0.05) is 13.3 Å². The Hall–Kier alpha value is -1.16. The predicted octanol–water partition coefficient (Wildman–Crippen LogP) is 4.43. The van der Waals surface area contributed by atoms with E-state index in [1.165, 1.54) is 0 Å². The second-order valence-electron chi connectivity index (χ2n) is 4.36. The van der Waals surface area contributed by atoms with Crippen LogP contribution in [0.5, 0.6) is 0 Å². The molecule has 0 radical (unpaired) electrons. The van der Waals surface area contributed by atoms with Crippen LogP contribution in [-0.2, 0) is 9.53 Å². The zero-order valence-corrected chi connectivity index (χ0v) is 11.4. The Morgan fingerprint density at radius 2 is 1.36 bits per heavy atom. The van der Waals surface area contributed by atoms with Gasteiger partial charge in [-0.15, -0.1) is 0 Å². The van der Waals surface area contributed by atoms with Crippen molar-refractivity contribution in [3.8, 4) is 0 Å². The van der Waals surface area contributed by atoms with Gasteiger partial charge >= 0.3 is 29.9 Å². The fourth-order valence-corrected chi connectivity index (χ4v) is 1.58. The monoisotopic (exact) mass is 348 g/mol. The molecule has 0 saturated heterocycles. The summed E-state index contributed by atoms with van der Waals surface area (Å²) in [5, 5.41) is 0. The van der Waals surface area contributed by atoms with Gasteiger partial charge < -0.3 is 4.74 Å². The highest BCUT2D eigenvalue weighted by Gasteiger charge is 2.83. The molecule has 1 atom stereocenters. The predicted molar refractivity (Wildman–Crippen MR) is 55.9 cm³/mol. The molecule has 22 heavy (non-hydrogen) atoms. The number of alkyl halides is 9. The van der Waals surface area contributed by atoms with Gasteiger partial charge in [0.25, 0.3) is 0 Å². The Kier molecular flexibility index (Phi) is 6.19. The number of carbonyl (C=O) groups excluding carboxylic acids is 1. The third-order valence-corrected chi connectivity index (χ3v) is 2.76. The van der Waals surface area contributed by atoms with Crippen LogP contribution >= 0.6 is 0 Å². The third-order valence-electron chi connectivity index (χ3n) is 2.76. The number of ether oxygens (including phenoxy) is 1. The topological polar surface area (TPSA) is 26.3 Å². The maximum Gasteiger partial charge on any atom is 0.460 e. The van der Waals surface area contributed by atoms with Crippen molar-refractivity contribution in [3.05, 3.63) is 0 Å². The fraction of sp³-hybridized carbons (Fsp3) is 0.909. The van der Waals surface area contributed by atoms with Crippen molar-refractivity contribution in [1.82, 2.24) is 0 Å². The van der Waals surface area contributed by atoms with E-state index in [2.05, 4.69) is 4.74 Å². The number of hydrogen-bond acceptors (Lipinski definition) is 2. The lowest BCUT2D eigenvalue weighted by molar-refractivity contribution is -0.402. The van der Waals surface area contributed by atoms with Crippen molar-refractivity contribution < 1.29 is 49.0 Å². The molecular weight excluding hydrogens is 335 g/mol. The van der Waals surface area contributed by atoms with E-state index in [9.17, 15) is 44.3 Å². The minimum Gasteiger partial charge on any atom is -0.466 e. The van der Waals surface area contributed by atoms with Gasteiger partial charge in [-0.05, 0) is 13.3 Å². The summed E-state index contributed by atoms with van der Waals surface area (Å²) in [5.74, 6) is -24.9. The maximum absolute atomic E-state index is 13.6. The van der Waals surface area contributed by atoms with Gasteiger partial charge in [-0.2, -0.15) is 39.5 Å². The lowest BCUT2D eigenvalue weighted by Gasteiger charge is -2.36. The Balaban J connectivity index is 5.87. The van der Waals surface area contributed by atoms with Gasteiger partial charge in [0.15, 0.2) is 0 Å². The molecule has 1 unspecified atom stereocenters. The van der Waals surface area contributed by atoms with Crippen LogP contribution < -0.4 is 0 Å². The van der Waals surface area contributed by atoms with Crippen LogP contribution in [-0.4, -0.2) is 36.5 Å². The summed E-state index contributed by atoms with van der Waals surface area (Å²) in [6, 6.07) is 0. The third kappa shape index (κ3) is 3.43. The standard InChI is InChI=1S/C11H13F9O2/c1-3-5-6(7(21)22-4-2)8(12,13)9(14,15)10(16,17)11(18,19)20/h6H,3-5H2,1-2H3. The fourth-order valence-electron chi connectivity index (χ4n) is 1.58. The molecule has 2 nitrogen and oxygen atoms in total. The van der Waals surface area contributed by atoms with Crippen molar-refractivity contribution >= 4 is 5.97 Å². The molecule has 0 amide bonds. The van der Waals surface area contributed by atoms with E-state index in [0.29, 0.717) is 0 Å². The van der Waals surface area contributed by atoms with Gasteiger partial charge in [-0.3, -0.25) is 4.79 Å². The highest BCUT2D eigenvalue weighted by atomic mass is 19.4. The molecule has 0 bridgehead atoms. The number of rotatable bonds is 7. The first-order chi connectivity index (χ1) is 9.68. The summed E-state index contributed by atoms with van der Waals surface area (Å²) < 4.78 is 119. The normalized spacial score (nSPS) is 15.6. The minimum absolute atomic E-state index is 0.341. The molecule has 0 spiro atoms. The van der Waals surface area contributed by atoms with Gasteiger partial charge in [0.05, 0.1) is 6.61 Å². The summed E-state index contributed by atoms with van der Waals surface area (Å²) in [6.45, 7) is 1.75. The minimum atomic E-state index is -7.01. The van der Waals surface area contributed by atoms with Gasteiger partial charge in [0.1, 0.15) is 5.92 Å². The van der Waals surface area contributed by atoms with Crippen LogP contribution in [0.15, 0.2) is 0 Å². The molecule has 0 saturated carbocycles. The van der Waals surface area contributed by atoms with E-state index in [-0.39, 0.29) is 6.42 Å². The number of hydrogen-bond donors (Lipinski definition) is 0. The zero-order chi connectivity index (χ0) is 18.0. The van der Waals surface area contributed by atoms with E-state index in [4.69, 9.17) is 0 Å². The molecule has 0 aliphatic heterocycles. The average Bonchev–Trinajstić information content (AvgIpc) is 2.33. The highest BCUT2D eigenvalue weighted by molar-refractivity contribution is 5.73. The Morgan fingerprint density at radius 3 is 1.68 bits per heavy atom. The molecule has 0 aromatic heterocycles. The Labute approximate surface area is 119 Å². The van der Waals surface area contributed by atoms with E-state index < -0.39 is 48.9 Å². The van der Waals surface area contributed by atoms with Crippen LogP contribution in [0.25, 0.3) is 0 Å². The number of carbonyl (C=O) groups is 1. The Morgan fingerprint density at radius 1 is 0.909 bits per heavy atom. The van der Waals surface area contributed by atoms with E-state index >= 15 is 0 Å². The van der Waals surface area contributed by atoms with Crippen molar-refractivity contribution in [1.29, 1.82) is 0 Å². The van der Waals surface area contributed by atoms with Crippen molar-refractivity contribution in [3.63, 3.8) is 0 Å². The molecular formula is C11H13F9O2. The molecule has 0 aromatic rings. The van der Waals surface area contributed by atoms with Gasteiger partial charge in [0.2, 0.25) is 0 Å². The van der Waals surface area contributed by atoms with E-state index in [0.717, 1.165) is 13.8 Å². The number of esters is 1. The van der Waals surface area contributed by atoms with E-state index in [1.54, 1.807) is 0 Å². The first kappa shape index (κ1) is 20.8. The SMILES string of the molecule is CCCC(C(=O)OCC)C(F)(F)C(F)(F)C(F)(F)C(F)(F)F. The smallest absolute Gasteiger partial charge is 0.460 e. The van der Waals surface area contributed by atoms with E-state index in [1.807, 2.05) is 0 Å². The summed E-state index contributed by atoms with van der Waals surface area (Å²) in [5.41, 5.74) is 0. The first-order valence-corrected chi connectivity index (χ1v) is 6.05. The second-order valence-corrected chi connectivity index (χ2v) is 4.36. The largest absolute Gasteiger partial charge is 0.466 e. The van der Waals surface area contributed by atoms with Gasteiger partial charge in [-0.25, -0.2) is 0 Å². The molecule has 0 fully saturated rings. The van der Waals surface area contributed by atoms with Crippen molar-refractivity contribution in [2.45, 2.75) is 50.6 Å². The average molecular weight is 348 g/mol. The lowest BCUT2D eigenvalue weighted by atomic mass is 9.88. The van der Waals surface area contributed by atoms with Crippen molar-refractivity contribution in [2.75, 3.05) is 6.61 Å². The molecule has 0 aliphatic rings. The molecule has 0 aromatic carbocycles. The molecule has 0 rings (SSSR count). The highest BCUT2D eigenvalue weighted by Crippen LogP contribution is 2.55. The summed E-state index contributed by atoms with van der Waals surface area (Å²) >= 11 is 0. The van der Waals surface area contributed by atoms with Crippen LogP contribution in [0.2, 0.25) is 0 Å². The van der Waals surface area contributed by atoms with Crippen molar-refractivity contribution in [2.24, 2.45) is 5.92 Å². The summed E-state index contributed by atoms with van der Waals surface area (Å²) in [6.07, 6.45) is -8.30. The number of halogens is 9. The summed E-state index contributed by atoms with van der Waals surface area (Å²) in [7, 11) is 0.